The third-order valence-electron chi connectivity index (χ3n) is 12.0. The summed E-state index contributed by atoms with van der Waals surface area (Å²) in [5.74, 6) is -6.69. The smallest absolute Gasteiger partial charge is 0.364 e. The van der Waals surface area contributed by atoms with Gasteiger partial charge in [-0.05, 0) is 6.92 Å². The van der Waals surface area contributed by atoms with E-state index in [1.54, 1.807) is 0 Å². The number of carboxylic acids is 1. The predicted molar refractivity (Wildman–Crippen MR) is 206 cm³/mol. The molecule has 5 aliphatic heterocycles. The second-order valence-corrected chi connectivity index (χ2v) is 16.9. The molecule has 67 heavy (non-hydrogen) atoms. The highest BCUT2D eigenvalue weighted by Gasteiger charge is 2.59. The van der Waals surface area contributed by atoms with Crippen molar-refractivity contribution in [2.75, 3.05) is 26.4 Å². The van der Waals surface area contributed by atoms with Gasteiger partial charge in [-0.25, -0.2) is 4.79 Å². The van der Waals surface area contributed by atoms with Crippen molar-refractivity contribution < 1.29 is 139 Å². The molecule has 0 aromatic rings. The van der Waals surface area contributed by atoms with E-state index in [1.807, 2.05) is 0 Å². The van der Waals surface area contributed by atoms with E-state index < -0.39 is 210 Å². The largest absolute Gasteiger partial charge is 0.477 e. The molecule has 26 atom stereocenters. The van der Waals surface area contributed by atoms with Crippen molar-refractivity contribution in [1.29, 1.82) is 0 Å². The van der Waals surface area contributed by atoms with E-state index in [1.165, 1.54) is 6.92 Å². The maximum absolute atomic E-state index is 12.9. The van der Waals surface area contributed by atoms with E-state index in [2.05, 4.69) is 10.6 Å². The molecule has 5 saturated heterocycles. The highest BCUT2D eigenvalue weighted by molar-refractivity contribution is 5.76. The van der Waals surface area contributed by atoms with Crippen LogP contribution in [0.2, 0.25) is 0 Å². The molecule has 0 aromatic carbocycles. The SMILES string of the molecule is CC(=O)N[C@H]1[C@H](O[C@H]2[C@@H](O)[C@@H](CO[C@]3(C(=O)O)C[C@H](O)[C@@H](O)[C@H]([C@H](O)[C@H](O)CO)O3)OC(O)[C@@H]2NC(C)=O)O[C@H](CO)[C@@H](O[C@@H]2O[C@H](CO)[C@H](O)[C@H](O)[C@H]2O)[C@@H]1O[C@@H]1O[C@@H](C)[C@@H](O)[C@@H](O)[C@@H]1O. The molecular weight excluding hydrogens is 920 g/mol. The van der Waals surface area contributed by atoms with Crippen LogP contribution >= 0.6 is 0 Å². The van der Waals surface area contributed by atoms with Gasteiger partial charge < -0.3 is 135 Å². The Bertz CT molecular complexity index is 1640. The Morgan fingerprint density at radius 3 is 1.73 bits per heavy atom. The fraction of sp³-hybridized carbons (Fsp3) is 0.919. The molecule has 0 aliphatic carbocycles. The Morgan fingerprint density at radius 2 is 1.16 bits per heavy atom. The van der Waals surface area contributed by atoms with Crippen LogP contribution in [0.25, 0.3) is 0 Å². The summed E-state index contributed by atoms with van der Waals surface area (Å²) < 4.78 is 51.8. The van der Waals surface area contributed by atoms with Crippen molar-refractivity contribution >= 4 is 17.8 Å². The summed E-state index contributed by atoms with van der Waals surface area (Å²) in [4.78, 5) is 38.0. The number of carbonyl (C=O) groups excluding carboxylic acids is 2. The van der Waals surface area contributed by atoms with Gasteiger partial charge in [0.1, 0.15) is 116 Å². The van der Waals surface area contributed by atoms with Gasteiger partial charge in [-0.2, -0.15) is 0 Å². The van der Waals surface area contributed by atoms with Crippen LogP contribution in [0.3, 0.4) is 0 Å². The average Bonchev–Trinajstić information content (AvgIpc) is 3.28. The maximum Gasteiger partial charge on any atom is 0.364 e. The van der Waals surface area contributed by atoms with Crippen LogP contribution in [0.15, 0.2) is 0 Å². The van der Waals surface area contributed by atoms with E-state index in [0.29, 0.717) is 0 Å². The summed E-state index contributed by atoms with van der Waals surface area (Å²) in [5.41, 5.74) is 0. The third-order valence-corrected chi connectivity index (χ3v) is 12.0. The molecule has 30 heteroatoms. The number of aliphatic hydroxyl groups excluding tert-OH is 15. The number of nitrogens with one attached hydrogen (secondary N) is 2. The molecular formula is C37H62N2O28. The van der Waals surface area contributed by atoms with Crippen molar-refractivity contribution in [1.82, 2.24) is 10.6 Å². The molecule has 5 rings (SSSR count). The van der Waals surface area contributed by atoms with Crippen LogP contribution in [-0.4, -0.2) is 285 Å². The normalized spacial score (nSPS) is 47.1. The minimum Gasteiger partial charge on any atom is -0.477 e. The Morgan fingerprint density at radius 1 is 0.627 bits per heavy atom. The number of hydrogen-bond acceptors (Lipinski definition) is 27. The molecule has 388 valence electrons. The van der Waals surface area contributed by atoms with E-state index in [4.69, 9.17) is 42.6 Å². The van der Waals surface area contributed by atoms with Gasteiger partial charge in [0, 0.05) is 20.3 Å². The number of carbonyl (C=O) groups is 3. The lowest BCUT2D eigenvalue weighted by Crippen LogP contribution is -2.72. The fourth-order valence-corrected chi connectivity index (χ4v) is 8.33. The summed E-state index contributed by atoms with van der Waals surface area (Å²) in [6.45, 7) is -0.896. The first-order chi connectivity index (χ1) is 31.4. The van der Waals surface area contributed by atoms with Gasteiger partial charge in [-0.15, -0.1) is 0 Å². The highest BCUT2D eigenvalue weighted by Crippen LogP contribution is 2.38. The quantitative estimate of drug-likeness (QED) is 0.0643. The zero-order chi connectivity index (χ0) is 50.0. The Kier molecular flexibility index (Phi) is 19.1. The minimum atomic E-state index is -2.98. The van der Waals surface area contributed by atoms with Gasteiger partial charge in [0.2, 0.25) is 11.8 Å². The molecule has 0 saturated carbocycles. The maximum atomic E-state index is 12.9. The van der Waals surface area contributed by atoms with Crippen molar-refractivity contribution in [2.24, 2.45) is 0 Å². The Balaban J connectivity index is 1.51. The lowest BCUT2D eigenvalue weighted by molar-refractivity contribution is -0.382. The van der Waals surface area contributed by atoms with Crippen LogP contribution in [0.1, 0.15) is 27.2 Å². The van der Waals surface area contributed by atoms with E-state index in [9.17, 15) is 96.1 Å². The summed E-state index contributed by atoms with van der Waals surface area (Å²) in [6, 6.07) is -3.60. The van der Waals surface area contributed by atoms with Crippen LogP contribution < -0.4 is 10.6 Å². The van der Waals surface area contributed by atoms with E-state index in [-0.39, 0.29) is 0 Å². The lowest BCUT2D eigenvalue weighted by atomic mass is 9.90. The first-order valence-electron chi connectivity index (χ1n) is 21.1. The van der Waals surface area contributed by atoms with Crippen molar-refractivity contribution in [3.63, 3.8) is 0 Å². The highest BCUT2D eigenvalue weighted by atomic mass is 16.8. The molecule has 5 fully saturated rings. The topological polar surface area (TPSA) is 482 Å². The molecule has 0 aromatic heterocycles. The first kappa shape index (κ1) is 55.4. The summed E-state index contributed by atoms with van der Waals surface area (Å²) in [7, 11) is 0. The molecule has 30 nitrogen and oxygen atoms in total. The molecule has 5 heterocycles. The first-order valence-corrected chi connectivity index (χ1v) is 21.1. The second-order valence-electron chi connectivity index (χ2n) is 16.9. The Labute approximate surface area is 379 Å². The van der Waals surface area contributed by atoms with Gasteiger partial charge in [-0.1, -0.05) is 0 Å². The lowest BCUT2D eigenvalue weighted by Gasteiger charge is -2.51. The zero-order valence-corrected chi connectivity index (χ0v) is 36.0. The fourth-order valence-electron chi connectivity index (χ4n) is 8.33. The second kappa shape index (κ2) is 23.1. The van der Waals surface area contributed by atoms with Gasteiger partial charge >= 0.3 is 5.97 Å². The number of hydrogen-bond donors (Lipinski definition) is 18. The molecule has 0 bridgehead atoms. The summed E-state index contributed by atoms with van der Waals surface area (Å²) >= 11 is 0. The van der Waals surface area contributed by atoms with Crippen LogP contribution in [0, 0.1) is 0 Å². The van der Waals surface area contributed by atoms with Gasteiger partial charge in [0.05, 0.1) is 38.6 Å². The monoisotopic (exact) mass is 982 g/mol. The summed E-state index contributed by atoms with van der Waals surface area (Å²) in [6.07, 6.45) is -45.3. The molecule has 0 radical (unpaired) electrons. The predicted octanol–water partition coefficient (Wildman–Crippen LogP) is -11.4. The Hall–Kier alpha value is -2.55. The zero-order valence-electron chi connectivity index (χ0n) is 36.0. The van der Waals surface area contributed by atoms with Crippen molar-refractivity contribution in [3.8, 4) is 0 Å². The molecule has 0 spiro atoms. The molecule has 18 N–H and O–H groups in total. The number of ether oxygens (including phenoxy) is 9. The van der Waals surface area contributed by atoms with Crippen LogP contribution in [0.4, 0.5) is 0 Å². The van der Waals surface area contributed by atoms with Crippen LogP contribution in [-0.2, 0) is 57.0 Å². The number of amides is 2. The molecule has 5 aliphatic rings. The number of carboxylic acid groups (broad SMARTS) is 1. The number of rotatable bonds is 17. The minimum absolute atomic E-state index is 0.852. The number of aliphatic hydroxyl groups is 15. The van der Waals surface area contributed by atoms with Gasteiger partial charge in [-0.3, -0.25) is 9.59 Å². The number of aliphatic carboxylic acids is 1. The molecule has 2 amide bonds. The third kappa shape index (κ3) is 12.0. The average molecular weight is 983 g/mol. The van der Waals surface area contributed by atoms with Crippen LogP contribution in [0.5, 0.6) is 0 Å². The van der Waals surface area contributed by atoms with Gasteiger partial charge in [0.25, 0.3) is 5.79 Å². The van der Waals surface area contributed by atoms with Crippen molar-refractivity contribution in [3.05, 3.63) is 0 Å². The van der Waals surface area contributed by atoms with Crippen molar-refractivity contribution in [2.45, 2.75) is 186 Å². The summed E-state index contributed by atoms with van der Waals surface area (Å²) in [5, 5.41) is 173. The van der Waals surface area contributed by atoms with Gasteiger partial charge in [0.15, 0.2) is 25.2 Å². The van der Waals surface area contributed by atoms with E-state index in [0.717, 1.165) is 13.8 Å². The standard InChI is InChI=1S/C37H62N2O28/c1-9-19(47)24(52)26(54)34(60-9)66-30-18(39-11(3)44)33(63-15(7-42)28(30)64-35-27(55)25(53)22(50)14(6-41)62-35)65-29-17(38-10(2)43)32(56)61-16(23(29)51)8-59-37(36(57)58)4-12(45)20(48)31(67-37)21(49)13(46)5-40/h9,12-35,40-42,45-56H,4-8H2,1-3H3,(H,38,43)(H,39,44)(H,57,58)/t9-,12-,13+,14+,15+,16+,17+,18+,19+,20+,21+,22-,23-,24+,25-,26-,27+,28+,29+,30+,31+,32?,33-,34-,35-,37+/m0/s1. The molecule has 1 unspecified atom stereocenters. The van der Waals surface area contributed by atoms with E-state index >= 15 is 0 Å².